The van der Waals surface area contributed by atoms with E-state index in [2.05, 4.69) is 20.8 Å². The maximum atomic E-state index is 8.99. The minimum Gasteiger partial charge on any atom is -0.396 e. The first-order valence-electron chi connectivity index (χ1n) is 4.72. The zero-order chi connectivity index (χ0) is 9.19. The Kier molecular flexibility index (Phi) is 3.13. The van der Waals surface area contributed by atoms with Gasteiger partial charge in [-0.15, -0.1) is 0 Å². The Morgan fingerprint density at radius 1 is 1.33 bits per heavy atom. The van der Waals surface area contributed by atoms with E-state index in [-0.39, 0.29) is 6.61 Å². The van der Waals surface area contributed by atoms with Gasteiger partial charge in [-0.2, -0.15) is 0 Å². The van der Waals surface area contributed by atoms with E-state index in [4.69, 9.17) is 9.84 Å². The van der Waals surface area contributed by atoms with E-state index < -0.39 is 0 Å². The first-order valence-corrected chi connectivity index (χ1v) is 4.72. The summed E-state index contributed by atoms with van der Waals surface area (Å²) in [7, 11) is 0. The molecule has 1 N–H and O–H groups in total. The van der Waals surface area contributed by atoms with Crippen LogP contribution in [0.1, 0.15) is 27.2 Å². The number of aliphatic hydroxyl groups excluding tert-OH is 1. The molecule has 0 saturated carbocycles. The maximum Gasteiger partial charge on any atom is 0.0516 e. The van der Waals surface area contributed by atoms with Gasteiger partial charge in [0.2, 0.25) is 0 Å². The molecule has 1 heterocycles. The van der Waals surface area contributed by atoms with Crippen molar-refractivity contribution in [2.75, 3.05) is 19.8 Å². The predicted molar refractivity (Wildman–Crippen MR) is 49.0 cm³/mol. The van der Waals surface area contributed by atoms with Crippen LogP contribution >= 0.6 is 0 Å². The van der Waals surface area contributed by atoms with Crippen LogP contribution in [-0.2, 0) is 4.74 Å². The molecule has 1 aliphatic rings. The summed E-state index contributed by atoms with van der Waals surface area (Å²) in [5, 5.41) is 8.99. The Labute approximate surface area is 74.9 Å². The molecule has 0 radical (unpaired) electrons. The van der Waals surface area contributed by atoms with Gasteiger partial charge in [0.1, 0.15) is 0 Å². The summed E-state index contributed by atoms with van der Waals surface area (Å²) in [6, 6.07) is 0. The van der Waals surface area contributed by atoms with Gasteiger partial charge in [0.05, 0.1) is 6.61 Å². The smallest absolute Gasteiger partial charge is 0.0516 e. The fraction of sp³-hybridized carbons (Fsp3) is 1.00. The molecule has 2 heteroatoms. The number of hydrogen-bond acceptors (Lipinski definition) is 2. The van der Waals surface area contributed by atoms with Gasteiger partial charge >= 0.3 is 0 Å². The number of ether oxygens (including phenoxy) is 1. The van der Waals surface area contributed by atoms with Crippen LogP contribution in [0.4, 0.5) is 0 Å². The van der Waals surface area contributed by atoms with Gasteiger partial charge < -0.3 is 9.84 Å². The summed E-state index contributed by atoms with van der Waals surface area (Å²) in [5.41, 5.74) is 0.313. The standard InChI is InChI=1S/C10H20O2/c1-10(2,3)9-4-8(5-11)6-12-7-9/h8-9,11H,4-7H2,1-3H3. The zero-order valence-corrected chi connectivity index (χ0v) is 8.34. The van der Waals surface area contributed by atoms with Crippen LogP contribution in [0.15, 0.2) is 0 Å². The van der Waals surface area contributed by atoms with Crippen LogP contribution in [0.3, 0.4) is 0 Å². The normalized spacial score (nSPS) is 32.0. The van der Waals surface area contributed by atoms with Gasteiger partial charge in [-0.25, -0.2) is 0 Å². The molecule has 12 heavy (non-hydrogen) atoms. The average Bonchev–Trinajstić information content (AvgIpc) is 2.03. The third-order valence-corrected chi connectivity index (χ3v) is 2.77. The lowest BCUT2D eigenvalue weighted by Crippen LogP contribution is -2.35. The minimum absolute atomic E-state index is 0.270. The van der Waals surface area contributed by atoms with Gasteiger partial charge in [-0.3, -0.25) is 0 Å². The molecular weight excluding hydrogens is 152 g/mol. The van der Waals surface area contributed by atoms with Crippen molar-refractivity contribution in [3.63, 3.8) is 0 Å². The minimum atomic E-state index is 0.270. The molecule has 1 aliphatic heterocycles. The Bertz CT molecular complexity index is 137. The number of aliphatic hydroxyl groups is 1. The van der Waals surface area contributed by atoms with Crippen LogP contribution in [0.25, 0.3) is 0 Å². The van der Waals surface area contributed by atoms with E-state index in [0.29, 0.717) is 17.3 Å². The van der Waals surface area contributed by atoms with Crippen molar-refractivity contribution in [2.45, 2.75) is 27.2 Å². The second-order valence-electron chi connectivity index (χ2n) is 4.88. The summed E-state index contributed by atoms with van der Waals surface area (Å²) in [6.07, 6.45) is 1.11. The van der Waals surface area contributed by atoms with E-state index in [0.717, 1.165) is 19.6 Å². The van der Waals surface area contributed by atoms with Crippen LogP contribution in [0.5, 0.6) is 0 Å². The second kappa shape index (κ2) is 3.75. The number of rotatable bonds is 1. The highest BCUT2D eigenvalue weighted by molar-refractivity contribution is 4.79. The Balaban J connectivity index is 2.46. The highest BCUT2D eigenvalue weighted by atomic mass is 16.5. The van der Waals surface area contributed by atoms with Crippen molar-refractivity contribution in [3.8, 4) is 0 Å². The van der Waals surface area contributed by atoms with E-state index in [9.17, 15) is 0 Å². The van der Waals surface area contributed by atoms with Crippen LogP contribution in [-0.4, -0.2) is 24.9 Å². The molecule has 1 saturated heterocycles. The van der Waals surface area contributed by atoms with E-state index in [1.54, 1.807) is 0 Å². The molecule has 0 aromatic heterocycles. The quantitative estimate of drug-likeness (QED) is 0.652. The van der Waals surface area contributed by atoms with Gasteiger partial charge in [0.25, 0.3) is 0 Å². The molecule has 0 aromatic carbocycles. The summed E-state index contributed by atoms with van der Waals surface area (Å²) in [4.78, 5) is 0. The SMILES string of the molecule is CC(C)(C)C1COCC(CO)C1. The molecule has 2 atom stereocenters. The summed E-state index contributed by atoms with van der Waals surface area (Å²) in [5.74, 6) is 0.964. The summed E-state index contributed by atoms with van der Waals surface area (Å²) in [6.45, 7) is 8.58. The molecular formula is C10H20O2. The molecule has 0 bridgehead atoms. The fourth-order valence-corrected chi connectivity index (χ4v) is 1.65. The number of hydrogen-bond donors (Lipinski definition) is 1. The molecule has 1 fully saturated rings. The van der Waals surface area contributed by atoms with Gasteiger partial charge in [0, 0.05) is 19.1 Å². The maximum absolute atomic E-state index is 8.99. The van der Waals surface area contributed by atoms with Crippen molar-refractivity contribution in [3.05, 3.63) is 0 Å². The lowest BCUT2D eigenvalue weighted by atomic mass is 9.75. The topological polar surface area (TPSA) is 29.5 Å². The molecule has 1 rings (SSSR count). The molecule has 2 nitrogen and oxygen atoms in total. The Morgan fingerprint density at radius 2 is 2.00 bits per heavy atom. The monoisotopic (exact) mass is 172 g/mol. The van der Waals surface area contributed by atoms with Crippen molar-refractivity contribution in [2.24, 2.45) is 17.3 Å². The molecule has 2 unspecified atom stereocenters. The average molecular weight is 172 g/mol. The summed E-state index contributed by atoms with van der Waals surface area (Å²) >= 11 is 0. The third kappa shape index (κ3) is 2.46. The van der Waals surface area contributed by atoms with Crippen LogP contribution in [0.2, 0.25) is 0 Å². The molecule has 0 aliphatic carbocycles. The van der Waals surface area contributed by atoms with E-state index >= 15 is 0 Å². The van der Waals surface area contributed by atoms with Crippen molar-refractivity contribution in [1.82, 2.24) is 0 Å². The molecule has 0 amide bonds. The molecule has 72 valence electrons. The Morgan fingerprint density at radius 3 is 2.50 bits per heavy atom. The largest absolute Gasteiger partial charge is 0.396 e. The Hall–Kier alpha value is -0.0800. The van der Waals surface area contributed by atoms with Crippen LogP contribution in [0, 0.1) is 17.3 Å². The first-order chi connectivity index (χ1) is 5.54. The first kappa shape index (κ1) is 10.0. The van der Waals surface area contributed by atoms with Crippen molar-refractivity contribution >= 4 is 0 Å². The highest BCUT2D eigenvalue weighted by Crippen LogP contribution is 2.34. The lowest BCUT2D eigenvalue weighted by Gasteiger charge is -2.36. The predicted octanol–water partition coefficient (Wildman–Crippen LogP) is 1.68. The van der Waals surface area contributed by atoms with Crippen LogP contribution < -0.4 is 0 Å². The molecule has 0 aromatic rings. The molecule has 0 spiro atoms. The third-order valence-electron chi connectivity index (χ3n) is 2.77. The van der Waals surface area contributed by atoms with Crippen molar-refractivity contribution < 1.29 is 9.84 Å². The van der Waals surface area contributed by atoms with Gasteiger partial charge in [-0.1, -0.05) is 20.8 Å². The van der Waals surface area contributed by atoms with Gasteiger partial charge in [0.15, 0.2) is 0 Å². The lowest BCUT2D eigenvalue weighted by molar-refractivity contribution is -0.0378. The van der Waals surface area contributed by atoms with Crippen molar-refractivity contribution in [1.29, 1.82) is 0 Å². The van der Waals surface area contributed by atoms with E-state index in [1.165, 1.54) is 0 Å². The summed E-state index contributed by atoms with van der Waals surface area (Å²) < 4.78 is 5.45. The second-order valence-corrected chi connectivity index (χ2v) is 4.88. The van der Waals surface area contributed by atoms with E-state index in [1.807, 2.05) is 0 Å². The highest BCUT2D eigenvalue weighted by Gasteiger charge is 2.30. The van der Waals surface area contributed by atoms with Gasteiger partial charge in [-0.05, 0) is 17.8 Å². The zero-order valence-electron chi connectivity index (χ0n) is 8.34. The fourth-order valence-electron chi connectivity index (χ4n) is 1.65.